The molecule has 0 saturated carbocycles. The van der Waals surface area contributed by atoms with Gasteiger partial charge in [-0.15, -0.1) is 0 Å². The van der Waals surface area contributed by atoms with E-state index < -0.39 is 0 Å². The Morgan fingerprint density at radius 2 is 1.76 bits per heavy atom. The summed E-state index contributed by atoms with van der Waals surface area (Å²) in [7, 11) is 0. The summed E-state index contributed by atoms with van der Waals surface area (Å²) in [6.07, 6.45) is 0. The van der Waals surface area contributed by atoms with Gasteiger partial charge in [-0.2, -0.15) is 0 Å². The van der Waals surface area contributed by atoms with Crippen LogP contribution in [-0.2, 0) is 0 Å². The highest BCUT2D eigenvalue weighted by molar-refractivity contribution is 5.95. The molecule has 2 N–H and O–H groups in total. The minimum Gasteiger partial charge on any atom is -0.494 e. The van der Waals surface area contributed by atoms with Crippen molar-refractivity contribution in [3.05, 3.63) is 72.3 Å². The van der Waals surface area contributed by atoms with E-state index in [-0.39, 0.29) is 5.91 Å². The molecule has 1 amide bonds. The number of hydrogen-bond acceptors (Lipinski definition) is 3. The van der Waals surface area contributed by atoms with E-state index in [1.165, 1.54) is 10.8 Å². The quantitative estimate of drug-likeness (QED) is 0.640. The van der Waals surface area contributed by atoms with Gasteiger partial charge < -0.3 is 15.4 Å². The first-order chi connectivity index (χ1) is 12.3. The van der Waals surface area contributed by atoms with E-state index >= 15 is 0 Å². The maximum atomic E-state index is 12.2. The second-order valence-electron chi connectivity index (χ2n) is 5.67. The maximum absolute atomic E-state index is 12.2. The standard InChI is InChI=1S/C21H22N2O2/c1-2-25-18-10-5-9-17(15-18)21(24)23-14-13-22-20-12-6-8-16-7-3-4-11-19(16)20/h3-12,15,22H,2,13-14H2,1H3,(H,23,24). The largest absolute Gasteiger partial charge is 0.494 e. The van der Waals surface area contributed by atoms with Crippen LogP contribution in [0.25, 0.3) is 10.8 Å². The Hall–Kier alpha value is -3.01. The average Bonchev–Trinajstić information content (AvgIpc) is 2.65. The molecule has 0 aliphatic carbocycles. The minimum absolute atomic E-state index is 0.0960. The first kappa shape index (κ1) is 16.8. The smallest absolute Gasteiger partial charge is 0.251 e. The van der Waals surface area contributed by atoms with Crippen molar-refractivity contribution in [2.45, 2.75) is 6.92 Å². The van der Waals surface area contributed by atoms with E-state index in [1.54, 1.807) is 12.1 Å². The summed E-state index contributed by atoms with van der Waals surface area (Å²) in [5, 5.41) is 8.70. The zero-order valence-corrected chi connectivity index (χ0v) is 14.3. The molecule has 3 rings (SSSR count). The van der Waals surface area contributed by atoms with Gasteiger partial charge in [0, 0.05) is 29.7 Å². The third kappa shape index (κ3) is 4.29. The van der Waals surface area contributed by atoms with Crippen LogP contribution in [-0.4, -0.2) is 25.6 Å². The number of ether oxygens (including phenoxy) is 1. The van der Waals surface area contributed by atoms with Crippen molar-refractivity contribution in [3.63, 3.8) is 0 Å². The summed E-state index contributed by atoms with van der Waals surface area (Å²) >= 11 is 0. The minimum atomic E-state index is -0.0960. The fourth-order valence-electron chi connectivity index (χ4n) is 2.75. The van der Waals surface area contributed by atoms with E-state index in [4.69, 9.17) is 4.74 Å². The molecule has 0 aliphatic heterocycles. The third-order valence-electron chi connectivity index (χ3n) is 3.92. The SMILES string of the molecule is CCOc1cccc(C(=O)NCCNc2cccc3ccccc23)c1. The van der Waals surface area contributed by atoms with Crippen LogP contribution in [0.5, 0.6) is 5.75 Å². The van der Waals surface area contributed by atoms with Gasteiger partial charge in [0.05, 0.1) is 6.61 Å². The lowest BCUT2D eigenvalue weighted by Crippen LogP contribution is -2.28. The molecule has 0 radical (unpaired) electrons. The van der Waals surface area contributed by atoms with Crippen LogP contribution in [0.3, 0.4) is 0 Å². The number of benzene rings is 3. The topological polar surface area (TPSA) is 50.4 Å². The van der Waals surface area contributed by atoms with E-state index in [0.29, 0.717) is 31.0 Å². The first-order valence-corrected chi connectivity index (χ1v) is 8.50. The maximum Gasteiger partial charge on any atom is 0.251 e. The fraction of sp³-hybridized carbons (Fsp3) is 0.190. The monoisotopic (exact) mass is 334 g/mol. The molecule has 128 valence electrons. The van der Waals surface area contributed by atoms with Crippen LogP contribution in [0, 0.1) is 0 Å². The lowest BCUT2D eigenvalue weighted by Gasteiger charge is -2.11. The van der Waals surface area contributed by atoms with Crippen molar-refractivity contribution in [1.82, 2.24) is 5.32 Å². The van der Waals surface area contributed by atoms with E-state index in [9.17, 15) is 4.79 Å². The second-order valence-corrected chi connectivity index (χ2v) is 5.67. The number of fused-ring (bicyclic) bond motifs is 1. The summed E-state index contributed by atoms with van der Waals surface area (Å²) < 4.78 is 5.43. The molecule has 4 heteroatoms. The molecule has 25 heavy (non-hydrogen) atoms. The van der Waals surface area contributed by atoms with Crippen molar-refractivity contribution >= 4 is 22.4 Å². The number of hydrogen-bond donors (Lipinski definition) is 2. The van der Waals surface area contributed by atoms with Gasteiger partial charge in [-0.3, -0.25) is 4.79 Å². The lowest BCUT2D eigenvalue weighted by atomic mass is 10.1. The van der Waals surface area contributed by atoms with Gasteiger partial charge in [0.25, 0.3) is 5.91 Å². The Kier molecular flexibility index (Phi) is 5.52. The zero-order chi connectivity index (χ0) is 17.5. The number of amides is 1. The Morgan fingerprint density at radius 1 is 0.960 bits per heavy atom. The Balaban J connectivity index is 1.54. The van der Waals surface area contributed by atoms with Gasteiger partial charge in [-0.05, 0) is 36.6 Å². The van der Waals surface area contributed by atoms with Crippen molar-refractivity contribution in [2.24, 2.45) is 0 Å². The summed E-state index contributed by atoms with van der Waals surface area (Å²) in [6, 6.07) is 21.6. The summed E-state index contributed by atoms with van der Waals surface area (Å²) in [6.45, 7) is 3.71. The molecular weight excluding hydrogens is 312 g/mol. The number of nitrogens with one attached hydrogen (secondary N) is 2. The van der Waals surface area contributed by atoms with Gasteiger partial charge in [0.2, 0.25) is 0 Å². The molecule has 0 unspecified atom stereocenters. The molecule has 4 nitrogen and oxygen atoms in total. The normalized spacial score (nSPS) is 10.4. The molecule has 0 spiro atoms. The molecule has 0 fully saturated rings. The van der Waals surface area contributed by atoms with E-state index in [2.05, 4.69) is 34.9 Å². The second kappa shape index (κ2) is 8.20. The van der Waals surface area contributed by atoms with Crippen molar-refractivity contribution in [2.75, 3.05) is 25.0 Å². The third-order valence-corrected chi connectivity index (χ3v) is 3.92. The van der Waals surface area contributed by atoms with Gasteiger partial charge in [0.1, 0.15) is 5.75 Å². The number of anilines is 1. The zero-order valence-electron chi connectivity index (χ0n) is 14.3. The van der Waals surface area contributed by atoms with Gasteiger partial charge in [-0.1, -0.05) is 42.5 Å². The molecule has 3 aromatic rings. The van der Waals surface area contributed by atoms with Crippen LogP contribution in [0.4, 0.5) is 5.69 Å². The summed E-state index contributed by atoms with van der Waals surface area (Å²) in [5.41, 5.74) is 1.68. The highest BCUT2D eigenvalue weighted by Gasteiger charge is 2.06. The average molecular weight is 334 g/mol. The van der Waals surface area contributed by atoms with Gasteiger partial charge >= 0.3 is 0 Å². The van der Waals surface area contributed by atoms with Gasteiger partial charge in [0.15, 0.2) is 0 Å². The van der Waals surface area contributed by atoms with E-state index in [1.807, 2.05) is 37.3 Å². The lowest BCUT2D eigenvalue weighted by molar-refractivity contribution is 0.0954. The first-order valence-electron chi connectivity index (χ1n) is 8.50. The van der Waals surface area contributed by atoms with E-state index in [0.717, 1.165) is 5.69 Å². The molecule has 0 aliphatic rings. The number of carbonyl (C=O) groups is 1. The Labute approximate surface area is 147 Å². The van der Waals surface area contributed by atoms with Crippen LogP contribution < -0.4 is 15.4 Å². The predicted octanol–water partition coefficient (Wildman–Crippen LogP) is 4.08. The highest BCUT2D eigenvalue weighted by Crippen LogP contribution is 2.22. The van der Waals surface area contributed by atoms with Crippen LogP contribution in [0.2, 0.25) is 0 Å². The molecule has 0 bridgehead atoms. The Bertz CT molecular complexity index is 856. The molecule has 0 saturated heterocycles. The molecule has 0 heterocycles. The molecular formula is C21H22N2O2. The number of carbonyl (C=O) groups excluding carboxylic acids is 1. The highest BCUT2D eigenvalue weighted by atomic mass is 16.5. The van der Waals surface area contributed by atoms with Crippen molar-refractivity contribution < 1.29 is 9.53 Å². The number of rotatable bonds is 7. The predicted molar refractivity (Wildman–Crippen MR) is 102 cm³/mol. The van der Waals surface area contributed by atoms with Crippen molar-refractivity contribution in [1.29, 1.82) is 0 Å². The molecule has 3 aromatic carbocycles. The Morgan fingerprint density at radius 3 is 2.64 bits per heavy atom. The summed E-state index contributed by atoms with van der Waals surface area (Å²) in [5.74, 6) is 0.616. The summed E-state index contributed by atoms with van der Waals surface area (Å²) in [4.78, 5) is 12.2. The molecule has 0 atom stereocenters. The molecule has 0 aromatic heterocycles. The van der Waals surface area contributed by atoms with Crippen LogP contribution in [0.1, 0.15) is 17.3 Å². The fourth-order valence-corrected chi connectivity index (χ4v) is 2.75. The van der Waals surface area contributed by atoms with Crippen LogP contribution >= 0.6 is 0 Å². The van der Waals surface area contributed by atoms with Crippen molar-refractivity contribution in [3.8, 4) is 5.75 Å². The van der Waals surface area contributed by atoms with Gasteiger partial charge in [-0.25, -0.2) is 0 Å². The van der Waals surface area contributed by atoms with Crippen LogP contribution in [0.15, 0.2) is 66.7 Å².